The van der Waals surface area contributed by atoms with E-state index in [4.69, 9.17) is 5.11 Å². The third-order valence-electron chi connectivity index (χ3n) is 1.31. The van der Waals surface area contributed by atoms with E-state index in [2.05, 4.69) is 11.3 Å². The monoisotopic (exact) mass is 200 g/mol. The molecule has 0 radical (unpaired) electrons. The molecule has 0 atom stereocenters. The number of ether oxygens (including phenoxy) is 1. The Morgan fingerprint density at radius 3 is 1.79 bits per heavy atom. The fourth-order valence-corrected chi connectivity index (χ4v) is 0.279. The topological polar surface area (TPSA) is 63.6 Å². The van der Waals surface area contributed by atoms with Crippen LogP contribution in [0.25, 0.3) is 0 Å². The van der Waals surface area contributed by atoms with Crippen LogP contribution in [0.5, 0.6) is 0 Å². The van der Waals surface area contributed by atoms with Crippen molar-refractivity contribution in [2.75, 3.05) is 7.11 Å². The number of carbonyl (C=O) groups excluding carboxylic acids is 1. The summed E-state index contributed by atoms with van der Waals surface area (Å²) in [5, 5.41) is 7.89. The minimum Gasteiger partial charge on any atom is -0.478 e. The lowest BCUT2D eigenvalue weighted by molar-refractivity contribution is -0.136. The number of allylic oxidation sites excluding steroid dienone is 1. The van der Waals surface area contributed by atoms with Crippen molar-refractivity contribution >= 4 is 11.9 Å². The van der Waals surface area contributed by atoms with E-state index in [0.29, 0.717) is 5.57 Å². The first-order valence-corrected chi connectivity index (χ1v) is 3.96. The van der Waals surface area contributed by atoms with Gasteiger partial charge in [-0.25, -0.2) is 9.59 Å². The summed E-state index contributed by atoms with van der Waals surface area (Å²) in [6, 6.07) is 0. The molecule has 0 aromatic carbocycles. The van der Waals surface area contributed by atoms with Gasteiger partial charge in [-0.1, -0.05) is 12.7 Å². The van der Waals surface area contributed by atoms with E-state index in [0.717, 1.165) is 0 Å². The van der Waals surface area contributed by atoms with Gasteiger partial charge in [0.05, 0.1) is 7.11 Å². The van der Waals surface area contributed by atoms with E-state index in [1.165, 1.54) is 14.0 Å². The molecule has 0 aliphatic rings. The van der Waals surface area contributed by atoms with E-state index in [1.54, 1.807) is 19.9 Å². The number of methoxy groups -OCH3 is 1. The molecule has 80 valence electrons. The molecule has 0 aromatic heterocycles. The van der Waals surface area contributed by atoms with Gasteiger partial charge in [0.2, 0.25) is 0 Å². The molecule has 4 heteroatoms. The number of carboxylic acid groups (broad SMARTS) is 1. The number of hydrogen-bond donors (Lipinski definition) is 1. The van der Waals surface area contributed by atoms with Crippen molar-refractivity contribution in [3.8, 4) is 0 Å². The molecule has 1 N–H and O–H groups in total. The lowest BCUT2D eigenvalue weighted by Gasteiger charge is -1.93. The largest absolute Gasteiger partial charge is 0.478 e. The molecule has 0 rings (SSSR count). The number of esters is 1. The molecule has 0 unspecified atom stereocenters. The summed E-state index contributed by atoms with van der Waals surface area (Å²) in [6.45, 7) is 8.11. The van der Waals surface area contributed by atoms with Crippen LogP contribution in [0.3, 0.4) is 0 Å². The van der Waals surface area contributed by atoms with Crippen molar-refractivity contribution in [3.05, 3.63) is 23.8 Å². The summed E-state index contributed by atoms with van der Waals surface area (Å²) in [7, 11) is 1.37. The molecular weight excluding hydrogens is 184 g/mol. The van der Waals surface area contributed by atoms with Crippen LogP contribution in [-0.2, 0) is 14.3 Å². The summed E-state index contributed by atoms with van der Waals surface area (Å²) in [5.74, 6) is -1.19. The Hall–Kier alpha value is -1.58. The van der Waals surface area contributed by atoms with Gasteiger partial charge in [-0.05, 0) is 20.8 Å². The lowest BCUT2D eigenvalue weighted by atomic mass is 10.3. The molecule has 0 saturated heterocycles. The molecule has 0 aromatic rings. The first-order chi connectivity index (χ1) is 6.36. The van der Waals surface area contributed by atoms with E-state index >= 15 is 0 Å². The highest BCUT2D eigenvalue weighted by Crippen LogP contribution is 1.92. The maximum atomic E-state index is 10.5. The van der Waals surface area contributed by atoms with Crippen LogP contribution in [0.1, 0.15) is 20.8 Å². The van der Waals surface area contributed by atoms with E-state index in [1.807, 2.05) is 0 Å². The Morgan fingerprint density at radius 2 is 1.71 bits per heavy atom. The van der Waals surface area contributed by atoms with Crippen molar-refractivity contribution in [2.45, 2.75) is 20.8 Å². The number of carboxylic acids is 1. The molecule has 0 saturated carbocycles. The molecule has 0 aliphatic heterocycles. The van der Waals surface area contributed by atoms with Gasteiger partial charge in [-0.15, -0.1) is 0 Å². The van der Waals surface area contributed by atoms with Crippen molar-refractivity contribution in [3.63, 3.8) is 0 Å². The van der Waals surface area contributed by atoms with E-state index in [9.17, 15) is 9.59 Å². The van der Waals surface area contributed by atoms with Crippen LogP contribution in [0.15, 0.2) is 23.8 Å². The third-order valence-corrected chi connectivity index (χ3v) is 1.31. The van der Waals surface area contributed by atoms with Crippen molar-refractivity contribution < 1.29 is 19.4 Å². The van der Waals surface area contributed by atoms with Crippen LogP contribution in [0.4, 0.5) is 0 Å². The molecule has 0 fully saturated rings. The second-order valence-corrected chi connectivity index (χ2v) is 2.55. The predicted octanol–water partition coefficient (Wildman–Crippen LogP) is 1.77. The smallest absolute Gasteiger partial charge is 0.333 e. The second kappa shape index (κ2) is 8.04. The number of hydrogen-bond acceptors (Lipinski definition) is 3. The molecular formula is C10H16O4. The number of rotatable bonds is 2. The zero-order valence-electron chi connectivity index (χ0n) is 8.96. The average molecular weight is 200 g/mol. The first kappa shape index (κ1) is 14.9. The lowest BCUT2D eigenvalue weighted by Crippen LogP contribution is -2.00. The van der Waals surface area contributed by atoms with Gasteiger partial charge in [-0.2, -0.15) is 0 Å². The quantitative estimate of drug-likeness (QED) is 0.545. The van der Waals surface area contributed by atoms with Gasteiger partial charge in [0.25, 0.3) is 0 Å². The Balaban J connectivity index is 0. The fourth-order valence-electron chi connectivity index (χ4n) is 0.279. The summed E-state index contributed by atoms with van der Waals surface area (Å²) < 4.78 is 4.40. The second-order valence-electron chi connectivity index (χ2n) is 2.55. The highest BCUT2D eigenvalue weighted by Gasteiger charge is 1.98. The average Bonchev–Trinajstić information content (AvgIpc) is 2.16. The number of carbonyl (C=O) groups is 2. The van der Waals surface area contributed by atoms with Gasteiger partial charge in [0.1, 0.15) is 0 Å². The van der Waals surface area contributed by atoms with Crippen LogP contribution in [-0.4, -0.2) is 24.2 Å². The van der Waals surface area contributed by atoms with Crippen molar-refractivity contribution in [1.29, 1.82) is 0 Å². The summed E-state index contributed by atoms with van der Waals surface area (Å²) in [5.41, 5.74) is 0.822. The number of aliphatic carboxylic acids is 1. The molecule has 0 heterocycles. The minimum atomic E-state index is -0.935. The summed E-state index contributed by atoms with van der Waals surface area (Å²) in [6.07, 6.45) is 1.71. The van der Waals surface area contributed by atoms with Crippen LogP contribution in [0, 0.1) is 0 Å². The SMILES string of the molecule is C=C(C)C(=O)O.CC=C(C)C(=O)OC. The van der Waals surface area contributed by atoms with E-state index < -0.39 is 5.97 Å². The van der Waals surface area contributed by atoms with E-state index in [-0.39, 0.29) is 11.5 Å². The minimum absolute atomic E-state index is 0.176. The van der Waals surface area contributed by atoms with Gasteiger partial charge >= 0.3 is 11.9 Å². The maximum absolute atomic E-state index is 10.5. The fraction of sp³-hybridized carbons (Fsp3) is 0.400. The Bertz CT molecular complexity index is 239. The Morgan fingerprint density at radius 1 is 1.36 bits per heavy atom. The van der Waals surface area contributed by atoms with Gasteiger partial charge < -0.3 is 9.84 Å². The molecule has 0 aliphatic carbocycles. The Kier molecular flexibility index (Phi) is 8.57. The van der Waals surface area contributed by atoms with Gasteiger partial charge in [0.15, 0.2) is 0 Å². The first-order valence-electron chi connectivity index (χ1n) is 3.96. The molecule has 4 nitrogen and oxygen atoms in total. The predicted molar refractivity (Wildman–Crippen MR) is 53.9 cm³/mol. The highest BCUT2D eigenvalue weighted by atomic mass is 16.5. The molecule has 0 amide bonds. The molecule has 14 heavy (non-hydrogen) atoms. The van der Waals surface area contributed by atoms with Gasteiger partial charge in [0, 0.05) is 11.1 Å². The van der Waals surface area contributed by atoms with Crippen LogP contribution in [0.2, 0.25) is 0 Å². The van der Waals surface area contributed by atoms with Crippen LogP contribution >= 0.6 is 0 Å². The normalized spacial score (nSPS) is 9.57. The summed E-state index contributed by atoms with van der Waals surface area (Å²) in [4.78, 5) is 20.1. The zero-order chi connectivity index (χ0) is 11.7. The summed E-state index contributed by atoms with van der Waals surface area (Å²) >= 11 is 0. The zero-order valence-corrected chi connectivity index (χ0v) is 8.96. The standard InChI is InChI=1S/C6H10O2.C4H6O2/c1-4-5(2)6(7)8-3;1-3(2)4(5)6/h4H,1-3H3;1H2,2H3,(H,5,6). The van der Waals surface area contributed by atoms with Gasteiger partial charge in [-0.3, -0.25) is 0 Å². The van der Waals surface area contributed by atoms with Crippen molar-refractivity contribution in [2.24, 2.45) is 0 Å². The van der Waals surface area contributed by atoms with Crippen molar-refractivity contribution in [1.82, 2.24) is 0 Å². The third kappa shape index (κ3) is 8.52. The molecule has 0 spiro atoms. The van der Waals surface area contributed by atoms with Crippen LogP contribution < -0.4 is 0 Å². The molecule has 0 bridgehead atoms. The highest BCUT2D eigenvalue weighted by molar-refractivity contribution is 5.87. The Labute approximate surface area is 83.9 Å². The maximum Gasteiger partial charge on any atom is 0.333 e.